The Kier molecular flexibility index (Phi) is 1.33. The monoisotopic (exact) mass is 95.0 g/mol. The fourth-order valence-electron chi connectivity index (χ4n) is 0.391. The van der Waals surface area contributed by atoms with Gasteiger partial charge in [0.05, 0.1) is 12.7 Å². The Hall–Kier alpha value is -0.480. The maximum Gasteiger partial charge on any atom is 0.0851 e. The maximum atomic E-state index is 4.97. The summed E-state index contributed by atoms with van der Waals surface area (Å²) in [6, 6.07) is 0. The number of rotatable bonds is 2. The first kappa shape index (κ1) is 4.67. The molecule has 1 nitrogen and oxygen atoms in total. The highest BCUT2D eigenvalue weighted by atomic mass is 16.6. The Balaban J connectivity index is 1.91. The SMILES string of the molecule is C#CC[CH]C1CO1. The second-order valence-corrected chi connectivity index (χ2v) is 1.52. The zero-order chi connectivity index (χ0) is 5.11. The Morgan fingerprint density at radius 1 is 2.00 bits per heavy atom. The summed E-state index contributed by atoms with van der Waals surface area (Å²) in [6.07, 6.45) is 8.09. The van der Waals surface area contributed by atoms with Crippen LogP contribution in [-0.4, -0.2) is 12.7 Å². The zero-order valence-corrected chi connectivity index (χ0v) is 4.05. The van der Waals surface area contributed by atoms with Gasteiger partial charge in [-0.15, -0.1) is 12.3 Å². The molecule has 0 N–H and O–H groups in total. The predicted octanol–water partition coefficient (Wildman–Crippen LogP) is 0.613. The smallest absolute Gasteiger partial charge is 0.0851 e. The highest BCUT2D eigenvalue weighted by Crippen LogP contribution is 2.12. The summed E-state index contributed by atoms with van der Waals surface area (Å²) in [6.45, 7) is 0.877. The largest absolute Gasteiger partial charge is 0.373 e. The fraction of sp³-hybridized carbons (Fsp3) is 0.500. The lowest BCUT2D eigenvalue weighted by molar-refractivity contribution is 0.428. The van der Waals surface area contributed by atoms with Crippen LogP contribution >= 0.6 is 0 Å². The van der Waals surface area contributed by atoms with Crippen LogP contribution in [0.2, 0.25) is 0 Å². The van der Waals surface area contributed by atoms with Crippen molar-refractivity contribution >= 4 is 0 Å². The van der Waals surface area contributed by atoms with E-state index in [1.54, 1.807) is 0 Å². The molecule has 1 heteroatoms. The van der Waals surface area contributed by atoms with Crippen molar-refractivity contribution in [3.63, 3.8) is 0 Å². The van der Waals surface area contributed by atoms with Crippen molar-refractivity contribution in [1.29, 1.82) is 0 Å². The van der Waals surface area contributed by atoms with E-state index in [2.05, 4.69) is 5.92 Å². The molecule has 0 saturated carbocycles. The molecule has 37 valence electrons. The van der Waals surface area contributed by atoms with Gasteiger partial charge in [0.2, 0.25) is 0 Å². The molecule has 0 aromatic heterocycles. The molecule has 0 spiro atoms. The average molecular weight is 95.1 g/mol. The highest BCUT2D eigenvalue weighted by Gasteiger charge is 2.20. The molecule has 1 atom stereocenters. The van der Waals surface area contributed by atoms with Crippen LogP contribution in [-0.2, 0) is 4.74 Å². The van der Waals surface area contributed by atoms with Crippen molar-refractivity contribution < 1.29 is 4.74 Å². The maximum absolute atomic E-state index is 4.97. The molecule has 0 aliphatic carbocycles. The number of hydrogen-bond donors (Lipinski definition) is 0. The third-order valence-corrected chi connectivity index (χ3v) is 0.858. The molecule has 1 aliphatic heterocycles. The van der Waals surface area contributed by atoms with Crippen LogP contribution in [0.1, 0.15) is 6.42 Å². The quantitative estimate of drug-likeness (QED) is 0.361. The van der Waals surface area contributed by atoms with E-state index < -0.39 is 0 Å². The molecule has 1 unspecified atom stereocenters. The van der Waals surface area contributed by atoms with Gasteiger partial charge in [-0.05, 0) is 0 Å². The van der Waals surface area contributed by atoms with Gasteiger partial charge in [0, 0.05) is 12.8 Å². The molecule has 0 aromatic rings. The van der Waals surface area contributed by atoms with E-state index in [0.29, 0.717) is 6.10 Å². The van der Waals surface area contributed by atoms with E-state index in [9.17, 15) is 0 Å². The summed E-state index contributed by atoms with van der Waals surface area (Å²) in [4.78, 5) is 0. The summed E-state index contributed by atoms with van der Waals surface area (Å²) >= 11 is 0. The van der Waals surface area contributed by atoms with Crippen LogP contribution in [0.4, 0.5) is 0 Å². The summed E-state index contributed by atoms with van der Waals surface area (Å²) < 4.78 is 4.86. The van der Waals surface area contributed by atoms with Crippen molar-refractivity contribution in [2.45, 2.75) is 12.5 Å². The molecular weight excluding hydrogens is 88.1 g/mol. The van der Waals surface area contributed by atoms with E-state index in [1.165, 1.54) is 0 Å². The molecule has 1 aliphatic rings. The first-order valence-electron chi connectivity index (χ1n) is 2.32. The number of ether oxygens (including phenoxy) is 1. The third kappa shape index (κ3) is 1.61. The number of hydrogen-bond acceptors (Lipinski definition) is 1. The molecular formula is C6H7O. The van der Waals surface area contributed by atoms with Crippen LogP contribution in [0, 0.1) is 18.8 Å². The van der Waals surface area contributed by atoms with Crippen LogP contribution < -0.4 is 0 Å². The van der Waals surface area contributed by atoms with Gasteiger partial charge in [-0.25, -0.2) is 0 Å². The topological polar surface area (TPSA) is 12.5 Å². The van der Waals surface area contributed by atoms with Crippen molar-refractivity contribution in [1.82, 2.24) is 0 Å². The predicted molar refractivity (Wildman–Crippen MR) is 27.5 cm³/mol. The lowest BCUT2D eigenvalue weighted by Gasteiger charge is -1.79. The van der Waals surface area contributed by atoms with Crippen molar-refractivity contribution in [2.75, 3.05) is 6.61 Å². The van der Waals surface area contributed by atoms with Crippen LogP contribution in [0.15, 0.2) is 0 Å². The highest BCUT2D eigenvalue weighted by molar-refractivity contribution is 4.97. The molecule has 0 bridgehead atoms. The summed E-state index contributed by atoms with van der Waals surface area (Å²) in [5, 5.41) is 0. The summed E-state index contributed by atoms with van der Waals surface area (Å²) in [5.41, 5.74) is 0. The van der Waals surface area contributed by atoms with Gasteiger partial charge in [0.15, 0.2) is 0 Å². The van der Waals surface area contributed by atoms with Crippen LogP contribution in [0.3, 0.4) is 0 Å². The molecule has 1 rings (SSSR count). The second-order valence-electron chi connectivity index (χ2n) is 1.52. The molecule has 1 saturated heterocycles. The minimum Gasteiger partial charge on any atom is -0.373 e. The Morgan fingerprint density at radius 2 is 2.71 bits per heavy atom. The van der Waals surface area contributed by atoms with Gasteiger partial charge in [0.1, 0.15) is 0 Å². The zero-order valence-electron chi connectivity index (χ0n) is 4.05. The number of terminal acetylenes is 1. The lowest BCUT2D eigenvalue weighted by Crippen LogP contribution is -1.82. The van der Waals surface area contributed by atoms with Gasteiger partial charge in [-0.1, -0.05) is 0 Å². The fourth-order valence-corrected chi connectivity index (χ4v) is 0.391. The van der Waals surface area contributed by atoms with Crippen molar-refractivity contribution in [2.24, 2.45) is 0 Å². The first-order chi connectivity index (χ1) is 3.43. The number of epoxide rings is 1. The van der Waals surface area contributed by atoms with Gasteiger partial charge in [-0.3, -0.25) is 0 Å². The summed E-state index contributed by atoms with van der Waals surface area (Å²) in [5.74, 6) is 2.50. The summed E-state index contributed by atoms with van der Waals surface area (Å²) in [7, 11) is 0. The molecule has 0 aromatic carbocycles. The Morgan fingerprint density at radius 3 is 3.14 bits per heavy atom. The van der Waals surface area contributed by atoms with Crippen LogP contribution in [0.5, 0.6) is 0 Å². The molecule has 7 heavy (non-hydrogen) atoms. The average Bonchev–Trinajstić information content (AvgIpc) is 2.42. The van der Waals surface area contributed by atoms with Gasteiger partial charge < -0.3 is 4.74 Å². The van der Waals surface area contributed by atoms with E-state index in [-0.39, 0.29) is 0 Å². The van der Waals surface area contributed by atoms with Gasteiger partial charge in [0.25, 0.3) is 0 Å². The molecule has 1 heterocycles. The molecule has 1 fully saturated rings. The minimum absolute atomic E-state index is 0.385. The lowest BCUT2D eigenvalue weighted by atomic mass is 10.3. The Bertz CT molecular complexity index is 86.8. The van der Waals surface area contributed by atoms with Crippen molar-refractivity contribution in [3.8, 4) is 12.3 Å². The first-order valence-corrected chi connectivity index (χ1v) is 2.32. The van der Waals surface area contributed by atoms with E-state index >= 15 is 0 Å². The van der Waals surface area contributed by atoms with Gasteiger partial charge in [-0.2, -0.15) is 0 Å². The Labute approximate surface area is 43.7 Å². The van der Waals surface area contributed by atoms with E-state index in [0.717, 1.165) is 13.0 Å². The normalized spacial score (nSPS) is 26.4. The standard InChI is InChI=1S/C6H7O/c1-2-3-4-6-5-7-6/h1,4,6H,3,5H2. The van der Waals surface area contributed by atoms with Crippen molar-refractivity contribution in [3.05, 3.63) is 6.42 Å². The van der Waals surface area contributed by atoms with Crippen LogP contribution in [0.25, 0.3) is 0 Å². The second kappa shape index (κ2) is 1.99. The van der Waals surface area contributed by atoms with Gasteiger partial charge >= 0.3 is 0 Å². The molecule has 0 amide bonds. The van der Waals surface area contributed by atoms with E-state index in [1.807, 2.05) is 6.42 Å². The van der Waals surface area contributed by atoms with E-state index in [4.69, 9.17) is 11.2 Å². The molecule has 1 radical (unpaired) electrons. The third-order valence-electron chi connectivity index (χ3n) is 0.858. The minimum atomic E-state index is 0.385.